The van der Waals surface area contributed by atoms with Gasteiger partial charge in [0.2, 0.25) is 0 Å². The van der Waals surface area contributed by atoms with Gasteiger partial charge in [0.25, 0.3) is 11.8 Å². The number of furan rings is 1. The maximum Gasteiger partial charge on any atom is 0.268 e. The van der Waals surface area contributed by atoms with Crippen molar-refractivity contribution in [2.45, 2.75) is 32.2 Å². The molecule has 2 N–H and O–H groups in total. The van der Waals surface area contributed by atoms with E-state index >= 15 is 0 Å². The summed E-state index contributed by atoms with van der Waals surface area (Å²) >= 11 is 0. The van der Waals surface area contributed by atoms with Crippen LogP contribution in [0.3, 0.4) is 0 Å². The predicted octanol–water partition coefficient (Wildman–Crippen LogP) is 4.55. The second-order valence-electron chi connectivity index (χ2n) is 7.46. The van der Waals surface area contributed by atoms with Crippen molar-refractivity contribution in [3.05, 3.63) is 101 Å². The predicted molar refractivity (Wildman–Crippen MR) is 116 cm³/mol. The number of rotatable bonds is 5. The Balaban J connectivity index is 1.58. The first-order valence-corrected chi connectivity index (χ1v) is 10.1. The van der Waals surface area contributed by atoms with Crippen LogP contribution in [0, 0.1) is 6.92 Å². The second-order valence-corrected chi connectivity index (χ2v) is 7.46. The lowest BCUT2D eigenvalue weighted by Crippen LogP contribution is -2.38. The van der Waals surface area contributed by atoms with E-state index in [0.717, 1.165) is 30.4 Å². The zero-order chi connectivity index (χ0) is 20.9. The minimum Gasteiger partial charge on any atom is -0.465 e. The SMILES string of the molecule is Cc1ccccc1C(=O)N/C(=C\c1ccco1)C(=O)N[C@H]1CCCc2ccccc21. The highest BCUT2D eigenvalue weighted by atomic mass is 16.3. The summed E-state index contributed by atoms with van der Waals surface area (Å²) in [5.41, 5.74) is 3.92. The van der Waals surface area contributed by atoms with E-state index < -0.39 is 0 Å². The Morgan fingerprint density at radius 3 is 2.63 bits per heavy atom. The molecule has 0 saturated heterocycles. The standard InChI is InChI=1S/C25H24N2O3/c1-17-8-2-4-12-20(17)24(28)27-23(16-19-11-7-15-30-19)25(29)26-22-14-6-10-18-9-3-5-13-21(18)22/h2-5,7-9,11-13,15-16,22H,6,10,14H2,1H3,(H,26,29)(H,27,28)/b23-16-/t22-/m0/s1. The zero-order valence-corrected chi connectivity index (χ0v) is 16.9. The Hall–Kier alpha value is -3.60. The minimum atomic E-state index is -0.338. The van der Waals surface area contributed by atoms with Gasteiger partial charge in [-0.2, -0.15) is 0 Å². The molecular weight excluding hydrogens is 376 g/mol. The van der Waals surface area contributed by atoms with Crippen molar-refractivity contribution < 1.29 is 14.0 Å². The van der Waals surface area contributed by atoms with Gasteiger partial charge in [0, 0.05) is 11.6 Å². The summed E-state index contributed by atoms with van der Waals surface area (Å²) in [6.07, 6.45) is 5.97. The smallest absolute Gasteiger partial charge is 0.268 e. The van der Waals surface area contributed by atoms with Crippen LogP contribution in [0.15, 0.2) is 77.0 Å². The second kappa shape index (κ2) is 8.82. The monoisotopic (exact) mass is 400 g/mol. The van der Waals surface area contributed by atoms with Crippen LogP contribution in [0.2, 0.25) is 0 Å². The van der Waals surface area contributed by atoms with E-state index in [1.807, 2.05) is 31.2 Å². The molecule has 30 heavy (non-hydrogen) atoms. The molecule has 1 heterocycles. The van der Waals surface area contributed by atoms with E-state index in [9.17, 15) is 9.59 Å². The molecule has 5 nitrogen and oxygen atoms in total. The number of fused-ring (bicyclic) bond motifs is 1. The van der Waals surface area contributed by atoms with E-state index in [1.54, 1.807) is 30.3 Å². The molecule has 0 spiro atoms. The van der Waals surface area contributed by atoms with Crippen molar-refractivity contribution in [2.75, 3.05) is 0 Å². The van der Waals surface area contributed by atoms with Gasteiger partial charge in [-0.3, -0.25) is 9.59 Å². The van der Waals surface area contributed by atoms with Crippen LogP contribution in [0.5, 0.6) is 0 Å². The number of carbonyl (C=O) groups excluding carboxylic acids is 2. The maximum atomic E-state index is 13.2. The van der Waals surface area contributed by atoms with Gasteiger partial charge in [-0.05, 0) is 61.1 Å². The molecule has 1 atom stereocenters. The van der Waals surface area contributed by atoms with Crippen molar-refractivity contribution >= 4 is 17.9 Å². The Labute approximate surface area is 175 Å². The fraction of sp³-hybridized carbons (Fsp3) is 0.200. The minimum absolute atomic E-state index is 0.0854. The molecule has 152 valence electrons. The van der Waals surface area contributed by atoms with Gasteiger partial charge < -0.3 is 15.1 Å². The van der Waals surface area contributed by atoms with Crippen molar-refractivity contribution in [3.8, 4) is 0 Å². The number of carbonyl (C=O) groups is 2. The third-order valence-electron chi connectivity index (χ3n) is 5.39. The number of nitrogens with one attached hydrogen (secondary N) is 2. The van der Waals surface area contributed by atoms with Crippen LogP contribution in [0.25, 0.3) is 6.08 Å². The van der Waals surface area contributed by atoms with Crippen LogP contribution in [0.1, 0.15) is 51.7 Å². The molecule has 2 aromatic carbocycles. The van der Waals surface area contributed by atoms with Gasteiger partial charge in [-0.25, -0.2) is 0 Å². The molecule has 0 bridgehead atoms. The summed E-state index contributed by atoms with van der Waals surface area (Å²) in [4.78, 5) is 26.0. The molecule has 2 amide bonds. The fourth-order valence-electron chi connectivity index (χ4n) is 3.83. The highest BCUT2D eigenvalue weighted by Crippen LogP contribution is 2.29. The molecule has 1 aromatic heterocycles. The molecule has 4 rings (SSSR count). The third kappa shape index (κ3) is 4.35. The van der Waals surface area contributed by atoms with Crippen LogP contribution in [-0.2, 0) is 11.2 Å². The Kier molecular flexibility index (Phi) is 5.80. The summed E-state index contributed by atoms with van der Waals surface area (Å²) in [7, 11) is 0. The lowest BCUT2D eigenvalue weighted by Gasteiger charge is -2.26. The van der Waals surface area contributed by atoms with E-state index in [4.69, 9.17) is 4.42 Å². The average Bonchev–Trinajstić information content (AvgIpc) is 3.27. The Morgan fingerprint density at radius 1 is 1.03 bits per heavy atom. The van der Waals surface area contributed by atoms with Crippen molar-refractivity contribution in [2.24, 2.45) is 0 Å². The normalized spacial score (nSPS) is 15.9. The van der Waals surface area contributed by atoms with Crippen molar-refractivity contribution in [1.29, 1.82) is 0 Å². The summed E-state index contributed by atoms with van der Waals surface area (Å²) < 4.78 is 5.36. The number of aryl methyl sites for hydroxylation is 2. The van der Waals surface area contributed by atoms with Gasteiger partial charge in [0.05, 0.1) is 12.3 Å². The number of benzene rings is 2. The topological polar surface area (TPSA) is 71.3 Å². The van der Waals surface area contributed by atoms with Crippen LogP contribution in [-0.4, -0.2) is 11.8 Å². The number of hydrogen-bond acceptors (Lipinski definition) is 3. The zero-order valence-electron chi connectivity index (χ0n) is 16.9. The highest BCUT2D eigenvalue weighted by Gasteiger charge is 2.24. The summed E-state index contributed by atoms with van der Waals surface area (Å²) in [5.74, 6) is -0.172. The molecule has 5 heteroatoms. The molecule has 1 aliphatic carbocycles. The quantitative estimate of drug-likeness (QED) is 0.617. The third-order valence-corrected chi connectivity index (χ3v) is 5.39. The van der Waals surface area contributed by atoms with Crippen molar-refractivity contribution in [1.82, 2.24) is 10.6 Å². The van der Waals surface area contributed by atoms with E-state index in [-0.39, 0.29) is 23.6 Å². The average molecular weight is 400 g/mol. The largest absolute Gasteiger partial charge is 0.465 e. The molecular formula is C25H24N2O3. The van der Waals surface area contributed by atoms with Crippen molar-refractivity contribution in [3.63, 3.8) is 0 Å². The summed E-state index contributed by atoms with van der Waals surface area (Å²) in [5, 5.41) is 5.87. The first-order valence-electron chi connectivity index (χ1n) is 10.1. The van der Waals surface area contributed by atoms with Crippen LogP contribution in [0.4, 0.5) is 0 Å². The molecule has 1 aliphatic rings. The van der Waals surface area contributed by atoms with E-state index in [1.165, 1.54) is 11.8 Å². The van der Waals surface area contributed by atoms with E-state index in [2.05, 4.69) is 22.8 Å². The summed E-state index contributed by atoms with van der Waals surface area (Å²) in [6, 6.07) is 18.8. The molecule has 0 saturated carbocycles. The highest BCUT2D eigenvalue weighted by molar-refractivity contribution is 6.05. The van der Waals surface area contributed by atoms with Gasteiger partial charge in [-0.15, -0.1) is 0 Å². The fourth-order valence-corrected chi connectivity index (χ4v) is 3.83. The first-order chi connectivity index (χ1) is 14.6. The van der Waals surface area contributed by atoms with Crippen LogP contribution >= 0.6 is 0 Å². The first kappa shape index (κ1) is 19.7. The Bertz CT molecular complexity index is 1080. The molecule has 0 aliphatic heterocycles. The lowest BCUT2D eigenvalue weighted by atomic mass is 9.87. The van der Waals surface area contributed by atoms with Gasteiger partial charge >= 0.3 is 0 Å². The van der Waals surface area contributed by atoms with E-state index in [0.29, 0.717) is 11.3 Å². The lowest BCUT2D eigenvalue weighted by molar-refractivity contribution is -0.118. The van der Waals surface area contributed by atoms with Gasteiger partial charge in [0.1, 0.15) is 11.5 Å². The maximum absolute atomic E-state index is 13.2. The molecule has 0 unspecified atom stereocenters. The summed E-state index contributed by atoms with van der Waals surface area (Å²) in [6.45, 7) is 1.86. The van der Waals surface area contributed by atoms with Gasteiger partial charge in [-0.1, -0.05) is 42.5 Å². The molecule has 3 aromatic rings. The van der Waals surface area contributed by atoms with Crippen LogP contribution < -0.4 is 10.6 Å². The Morgan fingerprint density at radius 2 is 1.83 bits per heavy atom. The van der Waals surface area contributed by atoms with Gasteiger partial charge in [0.15, 0.2) is 0 Å². The number of amides is 2. The number of hydrogen-bond donors (Lipinski definition) is 2. The molecule has 0 fully saturated rings. The molecule has 0 radical (unpaired) electrons.